The number of aliphatic hydroxyl groups excluding tert-OH is 1. The van der Waals surface area contributed by atoms with E-state index in [1.807, 2.05) is 4.90 Å². The van der Waals surface area contributed by atoms with E-state index < -0.39 is 0 Å². The number of hydrogen-bond donors (Lipinski definition) is 2. The summed E-state index contributed by atoms with van der Waals surface area (Å²) in [6.07, 6.45) is 0.901. The van der Waals surface area contributed by atoms with Crippen molar-refractivity contribution < 1.29 is 14.3 Å². The van der Waals surface area contributed by atoms with Gasteiger partial charge in [-0.1, -0.05) is 6.92 Å². The van der Waals surface area contributed by atoms with Crippen molar-refractivity contribution in [3.63, 3.8) is 0 Å². The summed E-state index contributed by atoms with van der Waals surface area (Å²) >= 11 is 0. The van der Waals surface area contributed by atoms with Crippen LogP contribution in [-0.4, -0.2) is 64.6 Å². The van der Waals surface area contributed by atoms with Crippen molar-refractivity contribution in [3.8, 4) is 0 Å². The average molecular weight is 319 g/mol. The van der Waals surface area contributed by atoms with E-state index in [-0.39, 0.29) is 24.4 Å². The maximum absolute atomic E-state index is 13.3. The Bertz CT molecular complexity index is 688. The largest absolute Gasteiger partial charge is 0.395 e. The highest BCUT2D eigenvalue weighted by molar-refractivity contribution is 5.98. The fraction of sp³-hybridized carbons (Fsp3) is 0.471. The molecule has 0 aliphatic carbocycles. The smallest absolute Gasteiger partial charge is 0.270 e. The molecule has 0 spiro atoms. The number of fused-ring (bicyclic) bond motifs is 1. The number of carbonyl (C=O) groups is 1. The summed E-state index contributed by atoms with van der Waals surface area (Å²) in [5.41, 5.74) is 1.26. The highest BCUT2D eigenvalue weighted by Gasteiger charge is 2.26. The van der Waals surface area contributed by atoms with E-state index in [1.54, 1.807) is 12.1 Å². The van der Waals surface area contributed by atoms with E-state index in [0.29, 0.717) is 24.2 Å². The zero-order chi connectivity index (χ0) is 16.4. The molecule has 23 heavy (non-hydrogen) atoms. The lowest BCUT2D eigenvalue weighted by Crippen LogP contribution is -2.52. The van der Waals surface area contributed by atoms with Crippen LogP contribution < -0.4 is 0 Å². The Kier molecular flexibility index (Phi) is 4.63. The quantitative estimate of drug-likeness (QED) is 0.904. The van der Waals surface area contributed by atoms with Crippen molar-refractivity contribution in [1.29, 1.82) is 0 Å². The highest BCUT2D eigenvalue weighted by Crippen LogP contribution is 2.19. The monoisotopic (exact) mass is 319 g/mol. The average Bonchev–Trinajstić information content (AvgIpc) is 2.99. The van der Waals surface area contributed by atoms with Crippen LogP contribution in [0.3, 0.4) is 0 Å². The lowest BCUT2D eigenvalue weighted by Gasteiger charge is -2.38. The standard InChI is InChI=1S/C17H22FN3O2/c1-2-14(11-22)20-5-7-21(8-6-20)17(23)16-10-12-9-13(18)3-4-15(12)19-16/h3-4,9-10,14,19,22H,2,5-8,11H2,1H3. The van der Waals surface area contributed by atoms with Gasteiger partial charge in [0.1, 0.15) is 11.5 Å². The normalized spacial score (nSPS) is 17.6. The van der Waals surface area contributed by atoms with E-state index in [9.17, 15) is 14.3 Å². The van der Waals surface area contributed by atoms with E-state index in [1.165, 1.54) is 12.1 Å². The molecule has 2 heterocycles. The third-order valence-corrected chi connectivity index (χ3v) is 4.61. The molecule has 124 valence electrons. The first-order valence-corrected chi connectivity index (χ1v) is 8.05. The lowest BCUT2D eigenvalue weighted by molar-refractivity contribution is 0.0469. The van der Waals surface area contributed by atoms with Gasteiger partial charge in [0.05, 0.1) is 6.61 Å². The summed E-state index contributed by atoms with van der Waals surface area (Å²) in [4.78, 5) is 19.7. The number of carbonyl (C=O) groups excluding carboxylic acids is 1. The van der Waals surface area contributed by atoms with Crippen LogP contribution in [0.4, 0.5) is 4.39 Å². The fourth-order valence-electron chi connectivity index (χ4n) is 3.18. The number of hydrogen-bond acceptors (Lipinski definition) is 3. The van der Waals surface area contributed by atoms with Gasteiger partial charge in [-0.05, 0) is 30.7 Å². The molecule has 1 aliphatic rings. The van der Waals surface area contributed by atoms with E-state index >= 15 is 0 Å². The third-order valence-electron chi connectivity index (χ3n) is 4.61. The molecular formula is C17H22FN3O2. The number of benzene rings is 1. The molecule has 1 saturated heterocycles. The topological polar surface area (TPSA) is 59.6 Å². The van der Waals surface area contributed by atoms with Gasteiger partial charge in [-0.25, -0.2) is 4.39 Å². The molecule has 1 fully saturated rings. The van der Waals surface area contributed by atoms with Gasteiger partial charge < -0.3 is 15.0 Å². The molecule has 0 radical (unpaired) electrons. The predicted molar refractivity (Wildman–Crippen MR) is 86.9 cm³/mol. The first-order valence-electron chi connectivity index (χ1n) is 8.05. The van der Waals surface area contributed by atoms with Crippen LogP contribution in [0.5, 0.6) is 0 Å². The molecule has 6 heteroatoms. The van der Waals surface area contributed by atoms with Gasteiger partial charge >= 0.3 is 0 Å². The molecule has 1 amide bonds. The number of aromatic nitrogens is 1. The Morgan fingerprint density at radius 2 is 2.04 bits per heavy atom. The number of rotatable bonds is 4. The van der Waals surface area contributed by atoms with Crippen LogP contribution in [-0.2, 0) is 0 Å². The summed E-state index contributed by atoms with van der Waals surface area (Å²) in [5, 5.41) is 10.1. The molecule has 5 nitrogen and oxygen atoms in total. The van der Waals surface area contributed by atoms with E-state index in [4.69, 9.17) is 0 Å². The van der Waals surface area contributed by atoms with Crippen molar-refractivity contribution in [1.82, 2.24) is 14.8 Å². The summed E-state index contributed by atoms with van der Waals surface area (Å²) in [7, 11) is 0. The highest BCUT2D eigenvalue weighted by atomic mass is 19.1. The molecule has 1 aromatic heterocycles. The van der Waals surface area contributed by atoms with Gasteiger partial charge in [0, 0.05) is 43.1 Å². The zero-order valence-electron chi connectivity index (χ0n) is 13.3. The number of piperazine rings is 1. The summed E-state index contributed by atoms with van der Waals surface area (Å²) in [6, 6.07) is 6.32. The van der Waals surface area contributed by atoms with Crippen molar-refractivity contribution in [3.05, 3.63) is 35.8 Å². The number of halogens is 1. The third kappa shape index (κ3) is 3.23. The Labute approximate surface area is 134 Å². The number of aliphatic hydroxyl groups is 1. The first kappa shape index (κ1) is 16.0. The minimum atomic E-state index is -0.307. The summed E-state index contributed by atoms with van der Waals surface area (Å²) in [5.74, 6) is -0.364. The van der Waals surface area contributed by atoms with Crippen LogP contribution in [0, 0.1) is 5.82 Å². The molecule has 1 aliphatic heterocycles. The second-order valence-corrected chi connectivity index (χ2v) is 5.99. The predicted octanol–water partition coefficient (Wildman–Crippen LogP) is 1.84. The minimum absolute atomic E-state index is 0.0571. The molecule has 0 bridgehead atoms. The molecule has 2 N–H and O–H groups in total. The Balaban J connectivity index is 1.69. The number of amides is 1. The van der Waals surface area contributed by atoms with Gasteiger partial charge in [-0.15, -0.1) is 0 Å². The van der Waals surface area contributed by atoms with Crippen LogP contribution in [0.2, 0.25) is 0 Å². The van der Waals surface area contributed by atoms with Crippen LogP contribution in [0.25, 0.3) is 10.9 Å². The first-order chi connectivity index (χ1) is 11.1. The molecule has 2 aromatic rings. The second-order valence-electron chi connectivity index (χ2n) is 5.99. The van der Waals surface area contributed by atoms with Crippen molar-refractivity contribution in [2.45, 2.75) is 19.4 Å². The van der Waals surface area contributed by atoms with Gasteiger partial charge in [0.15, 0.2) is 0 Å². The number of nitrogens with zero attached hydrogens (tertiary/aromatic N) is 2. The fourth-order valence-corrected chi connectivity index (χ4v) is 3.18. The molecule has 1 atom stereocenters. The maximum atomic E-state index is 13.3. The van der Waals surface area contributed by atoms with Gasteiger partial charge in [0.2, 0.25) is 0 Å². The SMILES string of the molecule is CCC(CO)N1CCN(C(=O)c2cc3cc(F)ccc3[nH]2)CC1. The van der Waals surface area contributed by atoms with Crippen LogP contribution in [0.15, 0.2) is 24.3 Å². The Morgan fingerprint density at radius 3 is 2.70 bits per heavy atom. The van der Waals surface area contributed by atoms with Gasteiger partial charge in [-0.2, -0.15) is 0 Å². The van der Waals surface area contributed by atoms with Crippen LogP contribution in [0.1, 0.15) is 23.8 Å². The number of nitrogens with one attached hydrogen (secondary N) is 1. The Morgan fingerprint density at radius 1 is 1.30 bits per heavy atom. The molecule has 1 unspecified atom stereocenters. The zero-order valence-corrected chi connectivity index (χ0v) is 13.3. The van der Waals surface area contributed by atoms with E-state index in [2.05, 4.69) is 16.8 Å². The minimum Gasteiger partial charge on any atom is -0.395 e. The Hall–Kier alpha value is -1.92. The number of aromatic amines is 1. The van der Waals surface area contributed by atoms with Crippen molar-refractivity contribution >= 4 is 16.8 Å². The molecule has 3 rings (SSSR count). The van der Waals surface area contributed by atoms with Gasteiger partial charge in [-0.3, -0.25) is 9.69 Å². The summed E-state index contributed by atoms with van der Waals surface area (Å²) < 4.78 is 13.3. The van der Waals surface area contributed by atoms with Gasteiger partial charge in [0.25, 0.3) is 5.91 Å². The second kappa shape index (κ2) is 6.68. The molecule has 1 aromatic carbocycles. The summed E-state index contributed by atoms with van der Waals surface area (Å²) in [6.45, 7) is 5.01. The lowest BCUT2D eigenvalue weighted by atomic mass is 10.1. The van der Waals surface area contributed by atoms with Crippen LogP contribution >= 0.6 is 0 Å². The van der Waals surface area contributed by atoms with E-state index in [0.717, 1.165) is 25.0 Å². The maximum Gasteiger partial charge on any atom is 0.270 e. The molecule has 0 saturated carbocycles. The number of H-pyrrole nitrogens is 1. The molecular weight excluding hydrogens is 297 g/mol. The van der Waals surface area contributed by atoms with Crippen molar-refractivity contribution in [2.75, 3.05) is 32.8 Å². The van der Waals surface area contributed by atoms with Crippen molar-refractivity contribution in [2.24, 2.45) is 0 Å².